The molecule has 846 valence electrons. The Morgan fingerprint density at radius 2 is 0.241 bits per heavy atom. The van der Waals surface area contributed by atoms with Crippen LogP contribution in [0.1, 0.15) is 51.4 Å². The molecule has 0 spiro atoms. The Labute approximate surface area is 721 Å². The van der Waals surface area contributed by atoms with E-state index in [9.17, 15) is 255 Å². The second-order valence-corrected chi connectivity index (χ2v) is 40.0. The van der Waals surface area contributed by atoms with Gasteiger partial charge in [0.1, 0.15) is 0 Å². The van der Waals surface area contributed by atoms with Crippen molar-refractivity contribution in [3.8, 4) is 0 Å². The van der Waals surface area contributed by atoms with Gasteiger partial charge in [0.15, 0.2) is 0 Å². The lowest BCUT2D eigenvalue weighted by Gasteiger charge is -2.43. The van der Waals surface area contributed by atoms with Crippen molar-refractivity contribution >= 4 is 22.1 Å². The zero-order chi connectivity index (χ0) is 115. The minimum absolute atomic E-state index is 2.26. The Bertz CT molecular complexity index is 3540. The number of hydrogen-bond donors (Lipinski definition) is 0. The third-order valence-electron chi connectivity index (χ3n) is 20.6. The molecule has 0 aromatic heterocycles. The van der Waals surface area contributed by atoms with Crippen molar-refractivity contribution in [2.24, 2.45) is 0 Å². The number of nitrogens with zero attached hydrogens (tertiary/aromatic N) is 1. The number of hydrogen-bond acceptors (Lipinski definition) is 1. The summed E-state index contributed by atoms with van der Waals surface area (Å²) in [6.07, 6.45) is -97.1. The monoisotopic (exact) mass is 2330 g/mol. The summed E-state index contributed by atoms with van der Waals surface area (Å²) in [5.41, 5.74) is 0. The fraction of sp³-hybridized carbons (Fsp3) is 0.982. The molecule has 0 saturated carbocycles. The summed E-state index contributed by atoms with van der Waals surface area (Å²) < 4.78 is 1160. The van der Waals surface area contributed by atoms with Gasteiger partial charge in [-0.1, -0.05) is 48.4 Å². The van der Waals surface area contributed by atoms with E-state index in [4.69, 9.17) is 0 Å². The highest BCUT2D eigenvalue weighted by Crippen LogP contribution is 2.71. The van der Waals surface area contributed by atoms with Crippen molar-refractivity contribution in [3.63, 3.8) is 0 Å². The Balaban J connectivity index is 10.9. The van der Waals surface area contributed by atoms with E-state index in [0.717, 1.165) is 0 Å². The molecular formula is C56H36F81NOSi2. The molecule has 0 bridgehead atoms. The summed E-state index contributed by atoms with van der Waals surface area (Å²) in [6.45, 7) is -7.36. The Hall–Kier alpha value is -5.77. The van der Waals surface area contributed by atoms with Gasteiger partial charge in [0.25, 0.3) is 0 Å². The highest BCUT2D eigenvalue weighted by atomic mass is 28.3. The second-order valence-electron chi connectivity index (χ2n) is 30.0. The van der Waals surface area contributed by atoms with Gasteiger partial charge in [-0.05, 0) is 12.8 Å². The SMILES string of the molecule is O=C(N(CCC[Si](CCC(F)(F)C(F)(F)C(F)(F)C(F)(F)C(F)(F)C(F)(F)F)(CCC(F)(F)C(F)(F)C(F)(F)C(F)(F)C(F)(F)C(F)(F)F)CCC(F)(F)C(F)(F)C(F)(F)C(F)(F)C(F)(F)C(F)(F)F)CCC[Si](CCC(F)(F)C(F)(F)C(F)(F)C(F)(F)C(F)(F)C(F)(F)F)(CCC(F)(F)C(F)(F)C(F)(F)C(F)(F)C(F)(F)C(F)(F)F)CCC(F)(F)C(F)(F)C(F)(F)C(F)(F)C(F)(F)C(F)(F)F)C(F)(F)F. The molecule has 0 rings (SSSR count). The van der Waals surface area contributed by atoms with Crippen LogP contribution in [0.5, 0.6) is 0 Å². The third-order valence-corrected chi connectivity index (χ3v) is 31.3. The minimum atomic E-state index is -9.63. The van der Waals surface area contributed by atoms with Crippen molar-refractivity contribution in [1.82, 2.24) is 4.90 Å². The summed E-state index contributed by atoms with van der Waals surface area (Å²) in [6, 6.07) is -34.0. The topological polar surface area (TPSA) is 20.3 Å². The molecule has 0 aliphatic heterocycles. The van der Waals surface area contributed by atoms with Gasteiger partial charge in [0.05, 0.1) is 16.1 Å². The van der Waals surface area contributed by atoms with Crippen molar-refractivity contribution in [2.75, 3.05) is 13.1 Å². The molecule has 0 saturated heterocycles. The van der Waals surface area contributed by atoms with Gasteiger partial charge in [0.2, 0.25) is 0 Å². The van der Waals surface area contributed by atoms with Crippen molar-refractivity contribution < 1.29 is 360 Å². The molecule has 0 heterocycles. The largest absolute Gasteiger partial charge is 0.471 e. The molecule has 141 heavy (non-hydrogen) atoms. The first kappa shape index (κ1) is 135. The number of rotatable bonds is 50. The van der Waals surface area contributed by atoms with Crippen LogP contribution < -0.4 is 0 Å². The maximum Gasteiger partial charge on any atom is 0.471 e. The summed E-state index contributed by atoms with van der Waals surface area (Å²) in [5, 5.41) is 0. The molecule has 0 aromatic carbocycles. The average Bonchev–Trinajstić information content (AvgIpc) is 0.729. The zero-order valence-electron chi connectivity index (χ0n) is 64.2. The van der Waals surface area contributed by atoms with Crippen LogP contribution in [0.4, 0.5) is 356 Å². The van der Waals surface area contributed by atoms with Crippen LogP contribution in [0.3, 0.4) is 0 Å². The Kier molecular flexibility index (Phi) is 35.9. The summed E-state index contributed by atoms with van der Waals surface area (Å²) in [5.74, 6) is -283. The molecular weight excluding hydrogens is 2300 g/mol. The number of carbonyl (C=O) groups excluding carboxylic acids is 1. The number of alkyl halides is 81. The molecule has 85 heteroatoms. The molecule has 0 aliphatic rings. The maximum absolute atomic E-state index is 15.7. The summed E-state index contributed by atoms with van der Waals surface area (Å²) in [7, 11) is -17.0. The van der Waals surface area contributed by atoms with Crippen LogP contribution in [-0.4, -0.2) is 261 Å². The first-order chi connectivity index (χ1) is 60.0. The summed E-state index contributed by atoms with van der Waals surface area (Å²) >= 11 is 0. The quantitative estimate of drug-likeness (QED) is 0.0439. The van der Waals surface area contributed by atoms with Crippen molar-refractivity contribution in [2.45, 2.75) is 321 Å². The van der Waals surface area contributed by atoms with Crippen molar-refractivity contribution in [3.05, 3.63) is 0 Å². The van der Waals surface area contributed by atoms with Crippen LogP contribution in [0.25, 0.3) is 0 Å². The Morgan fingerprint density at radius 1 is 0.142 bits per heavy atom. The molecule has 1 amide bonds. The van der Waals surface area contributed by atoms with E-state index in [1.54, 1.807) is 0 Å². The minimum Gasteiger partial charge on any atom is -0.335 e. The fourth-order valence-corrected chi connectivity index (χ4v) is 21.5. The van der Waals surface area contributed by atoms with E-state index < -0.39 is 361 Å². The number of halogens is 81. The van der Waals surface area contributed by atoms with Gasteiger partial charge < -0.3 is 4.90 Å². The van der Waals surface area contributed by atoms with Crippen LogP contribution in [0.15, 0.2) is 0 Å². The van der Waals surface area contributed by atoms with Gasteiger partial charge in [0, 0.05) is 51.6 Å². The molecule has 0 radical (unpaired) electrons. The lowest BCUT2D eigenvalue weighted by atomic mass is 9.93. The van der Waals surface area contributed by atoms with E-state index in [0.29, 0.717) is 0 Å². The van der Waals surface area contributed by atoms with Crippen LogP contribution >= 0.6 is 0 Å². The molecule has 2 nitrogen and oxygen atoms in total. The van der Waals surface area contributed by atoms with E-state index in [-0.39, 0.29) is 0 Å². The average molecular weight is 2330 g/mol. The maximum atomic E-state index is 15.7. The smallest absolute Gasteiger partial charge is 0.335 e. The second kappa shape index (κ2) is 37.5. The van der Waals surface area contributed by atoms with Gasteiger partial charge in [-0.15, -0.1) is 0 Å². The zero-order valence-corrected chi connectivity index (χ0v) is 66.2. The fourth-order valence-electron chi connectivity index (χ4n) is 11.6. The third kappa shape index (κ3) is 21.5. The first-order valence-electron chi connectivity index (χ1n) is 34.1. The standard InChI is InChI=1S/C56H36F81NOSi2/c57-20(58,27(72,73)33(84,85)39(96,97)45(108,109)51(120,121)122)3-13-140(14-4-21(59,60)28(74,75)34(86,87)40(98,99)46(110,111)52(123,124)125,15-5-22(61,62)29(76,77)35(88,89)41(100,101)47(112,113)53(126,127)128)11-1-9-138(19(139)26(69,70)71)10-2-12-141(16-6-23(63,64)30(78,79)36(90,91)42(102,103)48(114,115)54(129,130)131,17-7-24(65,66)31(80,81)37(92,93)43(104,105)49(116,117)55(132,133)134)18-8-25(67,68)32(82,83)38(94,95)44(106,107)50(118,119)56(135,136)137/h1-18H2. The van der Waals surface area contributed by atoms with E-state index >= 15 is 105 Å². The van der Waals surface area contributed by atoms with Crippen LogP contribution in [-0.2, 0) is 4.79 Å². The predicted molar refractivity (Wildman–Crippen MR) is 294 cm³/mol. The number of carbonyl (C=O) groups is 1. The highest BCUT2D eigenvalue weighted by molar-refractivity contribution is 6.80. The van der Waals surface area contributed by atoms with Gasteiger partial charge in [-0.25, -0.2) is 0 Å². The first-order valence-corrected chi connectivity index (χ1v) is 39.7. The molecule has 0 aliphatic carbocycles. The number of amides is 1. The highest BCUT2D eigenvalue weighted by Gasteiger charge is 2.98. The van der Waals surface area contributed by atoms with Crippen molar-refractivity contribution in [1.29, 1.82) is 0 Å². The normalized spacial score (nSPS) is 16.8. The van der Waals surface area contributed by atoms with E-state index in [2.05, 4.69) is 0 Å². The van der Waals surface area contributed by atoms with Gasteiger partial charge >= 0.3 is 227 Å². The lowest BCUT2D eigenvalue weighted by molar-refractivity contribution is -0.440. The molecule has 0 fully saturated rings. The van der Waals surface area contributed by atoms with Crippen LogP contribution in [0.2, 0.25) is 48.4 Å². The van der Waals surface area contributed by atoms with E-state index in [1.807, 2.05) is 0 Å². The molecule has 0 aromatic rings. The van der Waals surface area contributed by atoms with Crippen LogP contribution in [0, 0.1) is 0 Å². The predicted octanol–water partition coefficient (Wildman–Crippen LogP) is 31.8. The molecule has 0 unspecified atom stereocenters. The summed E-state index contributed by atoms with van der Waals surface area (Å²) in [4.78, 5) is 10.7. The molecule has 0 N–H and O–H groups in total. The Morgan fingerprint density at radius 3 is 0.333 bits per heavy atom. The van der Waals surface area contributed by atoms with Gasteiger partial charge in [-0.3, -0.25) is 4.79 Å². The van der Waals surface area contributed by atoms with E-state index in [1.165, 1.54) is 0 Å². The van der Waals surface area contributed by atoms with Gasteiger partial charge in [-0.2, -0.15) is 356 Å². The lowest BCUT2D eigenvalue weighted by Crippen LogP contribution is -2.70. The molecule has 0 atom stereocenters.